The van der Waals surface area contributed by atoms with Crippen LogP contribution in [0.3, 0.4) is 0 Å². The molecule has 34 nitrogen and oxygen atoms in total. The third-order valence-corrected chi connectivity index (χ3v) is 17.3. The number of nitrogens with two attached hydrogens (primary N) is 3. The zero-order chi connectivity index (χ0) is 79.2. The van der Waals surface area contributed by atoms with Gasteiger partial charge in [0.05, 0.1) is 25.4 Å². The van der Waals surface area contributed by atoms with E-state index < -0.39 is 199 Å². The van der Waals surface area contributed by atoms with Gasteiger partial charge in [-0.15, -0.1) is 0 Å². The molecule has 21 N–H and O–H groups in total. The van der Waals surface area contributed by atoms with Crippen molar-refractivity contribution in [2.75, 3.05) is 19.7 Å². The van der Waals surface area contributed by atoms with Gasteiger partial charge in [-0.05, 0) is 84.5 Å². The van der Waals surface area contributed by atoms with Crippen LogP contribution in [-0.4, -0.2) is 202 Å². The van der Waals surface area contributed by atoms with Gasteiger partial charge in [0, 0.05) is 13.0 Å². The number of aliphatic imine (C=N–C) groups is 1. The van der Waals surface area contributed by atoms with Crippen LogP contribution in [0.5, 0.6) is 0 Å². The largest absolute Gasteiger partial charge is 0.453 e. The number of cyclic esters (lactones) is 1. The van der Waals surface area contributed by atoms with E-state index in [-0.39, 0.29) is 69.1 Å². The van der Waals surface area contributed by atoms with Gasteiger partial charge in [-0.1, -0.05) is 161 Å². The summed E-state index contributed by atoms with van der Waals surface area (Å²) in [4.78, 5) is 191. The minimum atomic E-state index is -2.61. The fourth-order valence-electron chi connectivity index (χ4n) is 11.0. The molecule has 4 rings (SSSR count). The van der Waals surface area contributed by atoms with E-state index in [1.165, 1.54) is 44.2 Å². The first kappa shape index (κ1) is 88.1. The molecular formula is C72H107N15O19. The van der Waals surface area contributed by atoms with Gasteiger partial charge in [-0.2, -0.15) is 0 Å². The summed E-state index contributed by atoms with van der Waals surface area (Å²) in [5, 5.41) is 71.5. The van der Waals surface area contributed by atoms with Crippen molar-refractivity contribution in [2.45, 2.75) is 212 Å². The number of hydrogen-bond acceptors (Lipinski definition) is 20. The Labute approximate surface area is 616 Å². The van der Waals surface area contributed by atoms with Crippen molar-refractivity contribution >= 4 is 83.0 Å². The van der Waals surface area contributed by atoms with E-state index in [1.807, 2.05) is 36.6 Å². The van der Waals surface area contributed by atoms with Crippen LogP contribution in [0.25, 0.3) is 0 Å². The zero-order valence-electron chi connectivity index (χ0n) is 61.7. The Morgan fingerprint density at radius 3 is 1.73 bits per heavy atom. The topological polar surface area (TPSA) is 544 Å². The molecule has 1 fully saturated rings. The molecule has 3 aromatic carbocycles. The fraction of sp³-hybridized carbons (Fsp3) is 0.556. The van der Waals surface area contributed by atoms with Gasteiger partial charge < -0.3 is 106 Å². The number of benzene rings is 3. The maximum absolute atomic E-state index is 15.7. The summed E-state index contributed by atoms with van der Waals surface area (Å²) in [6.45, 7) is 15.3. The first-order valence-corrected chi connectivity index (χ1v) is 35.3. The maximum Gasteiger partial charge on any atom is 0.408 e. The lowest BCUT2D eigenvalue weighted by atomic mass is 9.95. The highest BCUT2D eigenvalue weighted by molar-refractivity contribution is 6.00. The van der Waals surface area contributed by atoms with Crippen LogP contribution < -0.4 is 75.7 Å². The molecule has 3 aromatic rings. The lowest BCUT2D eigenvalue weighted by Crippen LogP contribution is -2.64. The lowest BCUT2D eigenvalue weighted by molar-refractivity contribution is -0.159. The number of hydrogen-bond donors (Lipinski definition) is 18. The Kier molecular flexibility index (Phi) is 35.9. The standard InChI is InChI=1S/C72H107N15O19/c1-12-40(10)52-66(99)85-53(41(11)89)65(98)77-33-51(90)83-55(58(92)60(73)93)68(101)81-50(34-88)70(103)106-59(45-22-17-14-18-23-45)56(69(102)86-54(57(91)39(8)9)67(100)80-47(30-36(2)3)62(95)78-46(61(94)84-52)24-19-29-76-71(74)75)87-64(97)48(31-37(4)5)79-63(96)49(32-42-25-27-44(28-26-42)38(6)7)82-72(104)105-35-43-20-15-13-16-21-43/h13-18,20-23,25-28,36-41,46-50,52-59,88-89,91-92H,12,19,24,29-35H2,1-11H3,(H2,73,93)(H,77,98)(H,78,95)(H,79,96)(H,80,100)(H,81,101)(H,82,104)(H,83,90)(H,84,94)(H,85,99)(H,86,102)(H,87,97)(H4,74,75,76)/t40-,41-,46+,47-,48-,49+,50-,52?,53?,54-,55-,56-,57+,58-,59+/m0/s1. The van der Waals surface area contributed by atoms with Crippen molar-refractivity contribution in [3.05, 3.63) is 107 Å². The van der Waals surface area contributed by atoms with Crippen LogP contribution in [0, 0.1) is 23.7 Å². The number of carbonyl (C=O) groups excluding carboxylic acids is 13. The molecule has 0 bridgehead atoms. The predicted octanol–water partition coefficient (Wildman–Crippen LogP) is -2.15. The van der Waals surface area contributed by atoms with E-state index >= 15 is 14.4 Å². The minimum Gasteiger partial charge on any atom is -0.453 e. The van der Waals surface area contributed by atoms with Crippen LogP contribution in [-0.2, 0) is 80.0 Å². The molecule has 15 atom stereocenters. The van der Waals surface area contributed by atoms with Crippen molar-refractivity contribution < 1.29 is 92.2 Å². The number of nitrogens with one attached hydrogen (secondary N) is 11. The zero-order valence-corrected chi connectivity index (χ0v) is 61.7. The van der Waals surface area contributed by atoms with Crippen molar-refractivity contribution in [1.82, 2.24) is 58.5 Å². The second-order valence-electron chi connectivity index (χ2n) is 27.7. The highest BCUT2D eigenvalue weighted by Gasteiger charge is 2.44. The number of esters is 1. The normalized spacial score (nSPS) is 22.6. The van der Waals surface area contributed by atoms with Crippen LogP contribution in [0.15, 0.2) is 89.9 Å². The van der Waals surface area contributed by atoms with Crippen molar-refractivity contribution in [3.8, 4) is 0 Å². The molecule has 0 saturated carbocycles. The summed E-state index contributed by atoms with van der Waals surface area (Å²) >= 11 is 0. The predicted molar refractivity (Wildman–Crippen MR) is 387 cm³/mol. The summed E-state index contributed by atoms with van der Waals surface area (Å²) in [6, 6.07) is 4.17. The van der Waals surface area contributed by atoms with Gasteiger partial charge in [0.2, 0.25) is 65.0 Å². The molecule has 1 aliphatic heterocycles. The first-order valence-electron chi connectivity index (χ1n) is 35.3. The van der Waals surface area contributed by atoms with Crippen LogP contribution >= 0.6 is 0 Å². The number of alkyl carbamates (subject to hydrolysis) is 1. The molecule has 0 aliphatic carbocycles. The monoisotopic (exact) mass is 1490 g/mol. The van der Waals surface area contributed by atoms with Gasteiger partial charge in [-0.25, -0.2) is 9.59 Å². The number of amides is 12. The SMILES string of the molecule is CC[C@H](C)C1NC(=O)[C@@H](CCCN=C(N)N)NC(=O)[C@H](CC(C)C)NC(=O)[C@H]([C@H](O)C(C)C)NC(=O)[C@@H](NC(=O)[C@H](CC(C)C)NC(=O)[C@@H](Cc2ccc(C(C)C)cc2)NC(=O)OCc2ccccc2)[C@@H](c2ccccc2)OC(=O)[C@H](CO)NC(=O)[C@H]([C@H](O)C(N)=O)NC(=O)CNC(=O)C([C@H](C)O)NC1=O. The summed E-state index contributed by atoms with van der Waals surface area (Å²) in [5.74, 6) is -17.8. The number of aliphatic hydroxyl groups excluding tert-OH is 4. The molecular weight excluding hydrogens is 1380 g/mol. The fourth-order valence-corrected chi connectivity index (χ4v) is 11.0. The number of rotatable bonds is 27. The molecule has 0 radical (unpaired) electrons. The van der Waals surface area contributed by atoms with Gasteiger partial charge >= 0.3 is 12.1 Å². The Morgan fingerprint density at radius 2 is 1.17 bits per heavy atom. The van der Waals surface area contributed by atoms with E-state index in [2.05, 4.69) is 52.8 Å². The Bertz CT molecular complexity index is 3490. The third-order valence-electron chi connectivity index (χ3n) is 17.3. The quantitative estimate of drug-likeness (QED) is 0.0167. The summed E-state index contributed by atoms with van der Waals surface area (Å²) in [6.07, 6.45) is -9.82. The molecule has 0 spiro atoms. The van der Waals surface area contributed by atoms with E-state index in [9.17, 15) is 68.4 Å². The Hall–Kier alpha value is -10.3. The number of carbonyl (C=O) groups is 13. The second-order valence-corrected chi connectivity index (χ2v) is 27.7. The Morgan fingerprint density at radius 1 is 0.604 bits per heavy atom. The van der Waals surface area contributed by atoms with Crippen LogP contribution in [0.1, 0.15) is 143 Å². The molecule has 1 saturated heterocycles. The molecule has 2 unspecified atom stereocenters. The average molecular weight is 1490 g/mol. The van der Waals surface area contributed by atoms with Crippen molar-refractivity contribution in [2.24, 2.45) is 45.9 Å². The molecule has 0 aromatic heterocycles. The summed E-state index contributed by atoms with van der Waals surface area (Å²) in [5.41, 5.74) is 18.6. The van der Waals surface area contributed by atoms with E-state index in [0.29, 0.717) is 11.1 Å². The number of ether oxygens (including phenoxy) is 2. The van der Waals surface area contributed by atoms with Gasteiger partial charge in [0.1, 0.15) is 61.0 Å². The number of guanidine groups is 1. The molecule has 1 heterocycles. The van der Waals surface area contributed by atoms with Gasteiger partial charge in [-0.3, -0.25) is 57.7 Å². The minimum absolute atomic E-state index is 0.0245. The van der Waals surface area contributed by atoms with Crippen LogP contribution in [0.4, 0.5) is 4.79 Å². The number of aliphatic hydroxyl groups is 4. The molecule has 1 aliphatic rings. The molecule has 106 heavy (non-hydrogen) atoms. The maximum atomic E-state index is 15.7. The van der Waals surface area contributed by atoms with Gasteiger partial charge in [0.15, 0.2) is 24.2 Å². The molecule has 584 valence electrons. The van der Waals surface area contributed by atoms with Crippen LogP contribution in [0.2, 0.25) is 0 Å². The first-order chi connectivity index (χ1) is 50.0. The summed E-state index contributed by atoms with van der Waals surface area (Å²) < 4.78 is 11.5. The van der Waals surface area contributed by atoms with Crippen molar-refractivity contribution in [1.29, 1.82) is 0 Å². The average Bonchev–Trinajstić information content (AvgIpc) is 0.813. The second kappa shape index (κ2) is 43.2. The molecule has 34 heteroatoms. The van der Waals surface area contributed by atoms with E-state index in [4.69, 9.17) is 26.7 Å². The third kappa shape index (κ3) is 28.3. The lowest BCUT2D eigenvalue weighted by Gasteiger charge is -2.34. The smallest absolute Gasteiger partial charge is 0.408 e. The number of primary amides is 1. The Balaban J connectivity index is 2.00. The van der Waals surface area contributed by atoms with E-state index in [0.717, 1.165) is 12.5 Å². The summed E-state index contributed by atoms with van der Waals surface area (Å²) in [7, 11) is 0. The van der Waals surface area contributed by atoms with Crippen molar-refractivity contribution in [3.63, 3.8) is 0 Å². The number of nitrogens with zero attached hydrogens (tertiary/aromatic N) is 1. The molecule has 12 amide bonds. The van der Waals surface area contributed by atoms with E-state index in [1.54, 1.807) is 84.0 Å². The van der Waals surface area contributed by atoms with Gasteiger partial charge in [0.25, 0.3) is 0 Å². The highest BCUT2D eigenvalue weighted by Crippen LogP contribution is 2.25. The highest BCUT2D eigenvalue weighted by atomic mass is 16.6.